The molecule has 3 aromatic rings. The quantitative estimate of drug-likeness (QED) is 0.731. The normalized spacial score (nSPS) is 10.3. The molecule has 0 saturated carbocycles. The van der Waals surface area contributed by atoms with E-state index in [1.807, 2.05) is 30.3 Å². The monoisotopic (exact) mass is 324 g/mol. The van der Waals surface area contributed by atoms with Crippen LogP contribution in [0.25, 0.3) is 10.8 Å². The third kappa shape index (κ3) is 3.49. The molecule has 114 valence electrons. The largest absolute Gasteiger partial charge is 0.326 e. The molecule has 0 heterocycles. The summed E-state index contributed by atoms with van der Waals surface area (Å²) < 4.78 is 0. The first kappa shape index (κ1) is 15.1. The number of nitrogens with one attached hydrogen (secondary N) is 2. The summed E-state index contributed by atoms with van der Waals surface area (Å²) >= 11 is 5.79. The van der Waals surface area contributed by atoms with E-state index >= 15 is 0 Å². The number of imide groups is 1. The number of halogens is 1. The Hall–Kier alpha value is -2.85. The van der Waals surface area contributed by atoms with Crippen LogP contribution >= 0.6 is 11.6 Å². The van der Waals surface area contributed by atoms with Crippen molar-refractivity contribution in [1.29, 1.82) is 0 Å². The minimum atomic E-state index is -0.592. The molecule has 3 amide bonds. The Morgan fingerprint density at radius 3 is 2.30 bits per heavy atom. The molecule has 0 bridgehead atoms. The van der Waals surface area contributed by atoms with E-state index in [0.717, 1.165) is 10.8 Å². The molecule has 0 aliphatic heterocycles. The van der Waals surface area contributed by atoms with E-state index in [1.54, 1.807) is 36.4 Å². The molecule has 0 saturated heterocycles. The molecule has 0 unspecified atom stereocenters. The molecule has 0 spiro atoms. The maximum absolute atomic E-state index is 12.3. The lowest BCUT2D eigenvalue weighted by molar-refractivity contribution is 0.0969. The lowest BCUT2D eigenvalue weighted by atomic mass is 10.0. The van der Waals surface area contributed by atoms with Crippen molar-refractivity contribution in [2.45, 2.75) is 0 Å². The van der Waals surface area contributed by atoms with Crippen molar-refractivity contribution in [3.05, 3.63) is 77.3 Å². The Morgan fingerprint density at radius 1 is 0.826 bits per heavy atom. The van der Waals surface area contributed by atoms with Crippen molar-refractivity contribution in [1.82, 2.24) is 5.32 Å². The van der Waals surface area contributed by atoms with Gasteiger partial charge in [-0.05, 0) is 41.1 Å². The first-order valence-corrected chi connectivity index (χ1v) is 7.37. The highest BCUT2D eigenvalue weighted by Gasteiger charge is 2.13. The van der Waals surface area contributed by atoms with E-state index in [1.165, 1.54) is 0 Å². The van der Waals surface area contributed by atoms with E-state index in [2.05, 4.69) is 10.6 Å². The van der Waals surface area contributed by atoms with Crippen LogP contribution in [0.5, 0.6) is 0 Å². The SMILES string of the molecule is O=C(NC(=O)c1cccc2ccccc12)Nc1ccc(Cl)cc1. The van der Waals surface area contributed by atoms with E-state index < -0.39 is 11.9 Å². The van der Waals surface area contributed by atoms with Crippen LogP contribution in [0, 0.1) is 0 Å². The number of amides is 3. The second kappa shape index (κ2) is 6.50. The van der Waals surface area contributed by atoms with Crippen molar-refractivity contribution < 1.29 is 9.59 Å². The van der Waals surface area contributed by atoms with Crippen LogP contribution in [0.4, 0.5) is 10.5 Å². The molecule has 3 rings (SSSR count). The summed E-state index contributed by atoms with van der Waals surface area (Å²) in [7, 11) is 0. The molecule has 0 aliphatic carbocycles. The molecule has 2 N–H and O–H groups in total. The number of urea groups is 1. The molecule has 0 aliphatic rings. The molecule has 0 fully saturated rings. The van der Waals surface area contributed by atoms with Gasteiger partial charge in [0.2, 0.25) is 0 Å². The average molecular weight is 325 g/mol. The number of fused-ring (bicyclic) bond motifs is 1. The maximum Gasteiger partial charge on any atom is 0.326 e. The zero-order chi connectivity index (χ0) is 16.2. The fraction of sp³-hybridized carbons (Fsp3) is 0. The predicted octanol–water partition coefficient (Wildman–Crippen LogP) is 4.46. The second-order valence-corrected chi connectivity index (χ2v) is 5.38. The number of benzene rings is 3. The minimum absolute atomic E-state index is 0.451. The summed E-state index contributed by atoms with van der Waals surface area (Å²) in [5.41, 5.74) is 1.01. The lowest BCUT2D eigenvalue weighted by Gasteiger charge is -2.08. The third-order valence-corrected chi connectivity index (χ3v) is 3.62. The Balaban J connectivity index is 1.75. The molecular formula is C18H13ClN2O2. The second-order valence-electron chi connectivity index (χ2n) is 4.94. The Morgan fingerprint density at radius 2 is 1.52 bits per heavy atom. The molecule has 23 heavy (non-hydrogen) atoms. The van der Waals surface area contributed by atoms with Gasteiger partial charge in [-0.3, -0.25) is 10.1 Å². The van der Waals surface area contributed by atoms with Gasteiger partial charge in [0.05, 0.1) is 0 Å². The van der Waals surface area contributed by atoms with Gasteiger partial charge in [-0.1, -0.05) is 48.0 Å². The van der Waals surface area contributed by atoms with Crippen LogP contribution in [0.2, 0.25) is 5.02 Å². The Labute approximate surface area is 138 Å². The van der Waals surface area contributed by atoms with Gasteiger partial charge in [-0.2, -0.15) is 0 Å². The topological polar surface area (TPSA) is 58.2 Å². The summed E-state index contributed by atoms with van der Waals surface area (Å²) in [5, 5.41) is 7.23. The van der Waals surface area contributed by atoms with Gasteiger partial charge in [0.15, 0.2) is 0 Å². The molecule has 4 nitrogen and oxygen atoms in total. The van der Waals surface area contributed by atoms with E-state index in [-0.39, 0.29) is 0 Å². The Kier molecular flexibility index (Phi) is 4.26. The van der Waals surface area contributed by atoms with Gasteiger partial charge in [0.25, 0.3) is 5.91 Å². The van der Waals surface area contributed by atoms with Crippen LogP contribution in [0.15, 0.2) is 66.7 Å². The van der Waals surface area contributed by atoms with E-state index in [0.29, 0.717) is 16.3 Å². The van der Waals surface area contributed by atoms with Gasteiger partial charge in [-0.25, -0.2) is 4.79 Å². The fourth-order valence-corrected chi connectivity index (χ4v) is 2.42. The highest BCUT2D eigenvalue weighted by atomic mass is 35.5. The highest BCUT2D eigenvalue weighted by Crippen LogP contribution is 2.18. The van der Waals surface area contributed by atoms with Crippen molar-refractivity contribution in [3.63, 3.8) is 0 Å². The first-order valence-electron chi connectivity index (χ1n) is 6.99. The zero-order valence-corrected chi connectivity index (χ0v) is 12.8. The number of hydrogen-bond acceptors (Lipinski definition) is 2. The highest BCUT2D eigenvalue weighted by molar-refractivity contribution is 6.30. The lowest BCUT2D eigenvalue weighted by Crippen LogP contribution is -2.34. The van der Waals surface area contributed by atoms with Crippen molar-refractivity contribution in [3.8, 4) is 0 Å². The van der Waals surface area contributed by atoms with Gasteiger partial charge >= 0.3 is 6.03 Å². The summed E-state index contributed by atoms with van der Waals surface area (Å²) in [6, 6.07) is 18.9. The first-order chi connectivity index (χ1) is 11.1. The molecule has 0 radical (unpaired) electrons. The average Bonchev–Trinajstić information content (AvgIpc) is 2.56. The van der Waals surface area contributed by atoms with E-state index in [4.69, 9.17) is 11.6 Å². The van der Waals surface area contributed by atoms with Crippen LogP contribution < -0.4 is 10.6 Å². The molecule has 0 atom stereocenters. The summed E-state index contributed by atoms with van der Waals surface area (Å²) in [6.07, 6.45) is 0. The van der Waals surface area contributed by atoms with Gasteiger partial charge in [0, 0.05) is 16.3 Å². The third-order valence-electron chi connectivity index (χ3n) is 3.36. The van der Waals surface area contributed by atoms with Crippen molar-refractivity contribution in [2.24, 2.45) is 0 Å². The maximum atomic E-state index is 12.3. The predicted molar refractivity (Wildman–Crippen MR) is 91.9 cm³/mol. The molecular weight excluding hydrogens is 312 g/mol. The molecule has 3 aromatic carbocycles. The smallest absolute Gasteiger partial charge is 0.308 e. The molecule has 5 heteroatoms. The van der Waals surface area contributed by atoms with Gasteiger partial charge in [0.1, 0.15) is 0 Å². The Bertz CT molecular complexity index is 870. The van der Waals surface area contributed by atoms with E-state index in [9.17, 15) is 9.59 Å². The van der Waals surface area contributed by atoms with Crippen molar-refractivity contribution in [2.75, 3.05) is 5.32 Å². The van der Waals surface area contributed by atoms with Crippen LogP contribution in [0.3, 0.4) is 0 Å². The van der Waals surface area contributed by atoms with Gasteiger partial charge in [-0.15, -0.1) is 0 Å². The fourth-order valence-electron chi connectivity index (χ4n) is 2.29. The van der Waals surface area contributed by atoms with Crippen LogP contribution in [-0.2, 0) is 0 Å². The number of hydrogen-bond donors (Lipinski definition) is 2. The van der Waals surface area contributed by atoms with Crippen molar-refractivity contribution >= 4 is 40.0 Å². The summed E-state index contributed by atoms with van der Waals surface area (Å²) in [4.78, 5) is 24.3. The summed E-state index contributed by atoms with van der Waals surface area (Å²) in [6.45, 7) is 0. The van der Waals surface area contributed by atoms with Crippen LogP contribution in [0.1, 0.15) is 10.4 Å². The standard InChI is InChI=1S/C18H13ClN2O2/c19-13-8-10-14(11-9-13)20-18(23)21-17(22)16-7-3-5-12-4-1-2-6-15(12)16/h1-11H,(H2,20,21,22,23). The number of anilines is 1. The zero-order valence-electron chi connectivity index (χ0n) is 12.0. The molecule has 0 aromatic heterocycles. The number of rotatable bonds is 2. The number of carbonyl (C=O) groups is 2. The minimum Gasteiger partial charge on any atom is -0.308 e. The summed E-state index contributed by atoms with van der Waals surface area (Å²) in [5.74, 6) is -0.451. The van der Waals surface area contributed by atoms with Crippen LogP contribution in [-0.4, -0.2) is 11.9 Å². The number of carbonyl (C=O) groups excluding carboxylic acids is 2. The van der Waals surface area contributed by atoms with Gasteiger partial charge < -0.3 is 5.32 Å².